The Balaban J connectivity index is 1.91. The van der Waals surface area contributed by atoms with Crippen molar-refractivity contribution in [2.45, 2.75) is 33.4 Å². The molecule has 2 aromatic heterocycles. The molecule has 9 nitrogen and oxygen atoms in total. The smallest absolute Gasteiger partial charge is 0.256 e. The molecule has 2 N–H and O–H groups in total. The molecule has 2 amide bonds. The fourth-order valence-electron chi connectivity index (χ4n) is 3.09. The van der Waals surface area contributed by atoms with E-state index < -0.39 is 17.5 Å². The Morgan fingerprint density at radius 2 is 1.88 bits per heavy atom. The van der Waals surface area contributed by atoms with Crippen LogP contribution in [0, 0.1) is 5.92 Å². The van der Waals surface area contributed by atoms with Crippen LogP contribution in [0.1, 0.15) is 30.6 Å². The van der Waals surface area contributed by atoms with Crippen LogP contribution in [-0.4, -0.2) is 38.2 Å². The van der Waals surface area contributed by atoms with Gasteiger partial charge in [0.15, 0.2) is 5.01 Å². The molecule has 0 aliphatic heterocycles. The lowest BCUT2D eigenvalue weighted by molar-refractivity contribution is -0.122. The molecular weight excluding hydrogens is 430 g/mol. The van der Waals surface area contributed by atoms with Crippen molar-refractivity contribution in [3.05, 3.63) is 63.3 Å². The summed E-state index contributed by atoms with van der Waals surface area (Å²) in [7, 11) is 0. The molecule has 166 valence electrons. The summed E-state index contributed by atoms with van der Waals surface area (Å²) in [5.74, 6) is -1.02. The third kappa shape index (κ3) is 5.52. The summed E-state index contributed by atoms with van der Waals surface area (Å²) >= 11 is 1.20. The molecule has 1 atom stereocenters. The van der Waals surface area contributed by atoms with Crippen molar-refractivity contribution in [1.29, 1.82) is 0 Å². The third-order valence-electron chi connectivity index (χ3n) is 4.55. The molecular formula is C22H23N5O4S. The SMILES string of the molecule is CC(=O)Nc1cc(=O)n(CC(=O)NC(C(=O)c2nccs2)C(C)C)c(-c2ccccc2)n1. The molecule has 3 aromatic rings. The molecule has 0 saturated heterocycles. The maximum Gasteiger partial charge on any atom is 0.256 e. The number of hydrogen-bond acceptors (Lipinski definition) is 7. The molecule has 0 saturated carbocycles. The van der Waals surface area contributed by atoms with Gasteiger partial charge < -0.3 is 10.6 Å². The first kappa shape index (κ1) is 23.0. The number of carbonyl (C=O) groups excluding carboxylic acids is 3. The molecule has 1 aromatic carbocycles. The number of aromatic nitrogens is 3. The number of nitrogens with one attached hydrogen (secondary N) is 2. The van der Waals surface area contributed by atoms with Crippen LogP contribution in [0.2, 0.25) is 0 Å². The number of rotatable bonds is 8. The second kappa shape index (κ2) is 10.1. The number of anilines is 1. The van der Waals surface area contributed by atoms with Gasteiger partial charge in [0.25, 0.3) is 5.56 Å². The number of carbonyl (C=O) groups is 3. The van der Waals surface area contributed by atoms with E-state index in [9.17, 15) is 19.2 Å². The molecule has 10 heteroatoms. The summed E-state index contributed by atoms with van der Waals surface area (Å²) in [6.45, 7) is 4.61. The average molecular weight is 454 g/mol. The fraction of sp³-hybridized carbons (Fsp3) is 0.273. The number of thiazole rings is 1. The Hall–Kier alpha value is -3.66. The van der Waals surface area contributed by atoms with Crippen molar-refractivity contribution in [3.63, 3.8) is 0 Å². The zero-order valence-electron chi connectivity index (χ0n) is 17.9. The lowest BCUT2D eigenvalue weighted by Gasteiger charge is -2.21. The van der Waals surface area contributed by atoms with Gasteiger partial charge in [-0.25, -0.2) is 9.97 Å². The third-order valence-corrected chi connectivity index (χ3v) is 5.34. The van der Waals surface area contributed by atoms with Crippen molar-refractivity contribution in [2.24, 2.45) is 5.92 Å². The highest BCUT2D eigenvalue weighted by atomic mass is 32.1. The van der Waals surface area contributed by atoms with Gasteiger partial charge in [0.2, 0.25) is 17.6 Å². The lowest BCUT2D eigenvalue weighted by Crippen LogP contribution is -2.46. The monoisotopic (exact) mass is 453 g/mol. The van der Waals surface area contributed by atoms with E-state index in [-0.39, 0.29) is 35.8 Å². The average Bonchev–Trinajstić information content (AvgIpc) is 3.28. The largest absolute Gasteiger partial charge is 0.344 e. The van der Waals surface area contributed by atoms with Gasteiger partial charge in [-0.1, -0.05) is 44.2 Å². The van der Waals surface area contributed by atoms with Gasteiger partial charge in [0.05, 0.1) is 6.04 Å². The second-order valence-corrected chi connectivity index (χ2v) is 8.32. The molecule has 3 rings (SSSR count). The minimum atomic E-state index is -0.781. The Labute approximate surface area is 188 Å². The van der Waals surface area contributed by atoms with Gasteiger partial charge >= 0.3 is 0 Å². The van der Waals surface area contributed by atoms with Crippen LogP contribution < -0.4 is 16.2 Å². The minimum absolute atomic E-state index is 0.0945. The maximum atomic E-state index is 12.9. The van der Waals surface area contributed by atoms with Crippen LogP contribution in [-0.2, 0) is 16.1 Å². The van der Waals surface area contributed by atoms with Gasteiger partial charge in [-0.3, -0.25) is 23.7 Å². The van der Waals surface area contributed by atoms with E-state index in [2.05, 4.69) is 20.6 Å². The zero-order valence-corrected chi connectivity index (χ0v) is 18.7. The van der Waals surface area contributed by atoms with E-state index >= 15 is 0 Å². The Morgan fingerprint density at radius 3 is 2.47 bits per heavy atom. The van der Waals surface area contributed by atoms with E-state index in [1.165, 1.54) is 29.0 Å². The fourth-order valence-corrected chi connectivity index (χ4v) is 3.70. The van der Waals surface area contributed by atoms with Crippen LogP contribution in [0.4, 0.5) is 5.82 Å². The molecule has 0 spiro atoms. The normalized spacial score (nSPS) is 11.8. The number of benzene rings is 1. The zero-order chi connectivity index (χ0) is 23.3. The highest BCUT2D eigenvalue weighted by molar-refractivity contribution is 7.11. The first-order valence-corrected chi connectivity index (χ1v) is 10.8. The summed E-state index contributed by atoms with van der Waals surface area (Å²) < 4.78 is 1.21. The topological polar surface area (TPSA) is 123 Å². The number of amides is 2. The predicted molar refractivity (Wildman–Crippen MR) is 121 cm³/mol. The lowest BCUT2D eigenvalue weighted by atomic mass is 10.00. The summed E-state index contributed by atoms with van der Waals surface area (Å²) in [6.07, 6.45) is 1.53. The van der Waals surface area contributed by atoms with Gasteiger partial charge in [-0.05, 0) is 5.92 Å². The summed E-state index contributed by atoms with van der Waals surface area (Å²) in [5.41, 5.74) is 0.0916. The quantitative estimate of drug-likeness (QED) is 0.505. The van der Waals surface area contributed by atoms with E-state index in [0.717, 1.165) is 6.07 Å². The first-order valence-electron chi connectivity index (χ1n) is 9.94. The molecule has 0 bridgehead atoms. The molecule has 2 heterocycles. The van der Waals surface area contributed by atoms with Crippen LogP contribution in [0.5, 0.6) is 0 Å². The van der Waals surface area contributed by atoms with Crippen LogP contribution in [0.3, 0.4) is 0 Å². The molecule has 0 radical (unpaired) electrons. The standard InChI is InChI=1S/C22H23N5O4S/c1-13(2)19(20(31)22-23-9-10-32-22)26-17(29)12-27-18(30)11-16(24-14(3)28)25-21(27)15-7-5-4-6-8-15/h4-11,13,19H,12H2,1-3H3,(H,24,28)(H,26,29). The maximum absolute atomic E-state index is 12.9. The van der Waals surface area contributed by atoms with Crippen molar-refractivity contribution in [2.75, 3.05) is 5.32 Å². The van der Waals surface area contributed by atoms with Crippen LogP contribution in [0.25, 0.3) is 11.4 Å². The number of nitrogens with zero attached hydrogens (tertiary/aromatic N) is 3. The van der Waals surface area contributed by atoms with E-state index in [4.69, 9.17) is 0 Å². The van der Waals surface area contributed by atoms with E-state index in [0.29, 0.717) is 10.6 Å². The predicted octanol–water partition coefficient (Wildman–Crippen LogP) is 2.35. The highest BCUT2D eigenvalue weighted by Gasteiger charge is 2.27. The first-order chi connectivity index (χ1) is 15.3. The van der Waals surface area contributed by atoms with Crippen molar-refractivity contribution in [1.82, 2.24) is 19.9 Å². The van der Waals surface area contributed by atoms with E-state index in [1.54, 1.807) is 29.6 Å². The van der Waals surface area contributed by atoms with E-state index in [1.807, 2.05) is 19.9 Å². The summed E-state index contributed by atoms with van der Waals surface area (Å²) in [4.78, 5) is 58.2. The van der Waals surface area contributed by atoms with Crippen molar-refractivity contribution >= 4 is 34.8 Å². The van der Waals surface area contributed by atoms with Crippen LogP contribution >= 0.6 is 11.3 Å². The van der Waals surface area contributed by atoms with Gasteiger partial charge in [-0.15, -0.1) is 11.3 Å². The molecule has 32 heavy (non-hydrogen) atoms. The molecule has 0 fully saturated rings. The van der Waals surface area contributed by atoms with Crippen molar-refractivity contribution < 1.29 is 14.4 Å². The van der Waals surface area contributed by atoms with Crippen molar-refractivity contribution in [3.8, 4) is 11.4 Å². The number of Topliss-reactive ketones (excluding diaryl/α,β-unsaturated/α-hetero) is 1. The molecule has 1 unspecified atom stereocenters. The molecule has 0 aliphatic rings. The van der Waals surface area contributed by atoms with Gasteiger partial charge in [0.1, 0.15) is 18.2 Å². The summed E-state index contributed by atoms with van der Waals surface area (Å²) in [6, 6.07) is 9.23. The van der Waals surface area contributed by atoms with Gasteiger partial charge in [0, 0.05) is 30.1 Å². The number of ketones is 1. The molecule has 0 aliphatic carbocycles. The second-order valence-electron chi connectivity index (χ2n) is 7.43. The van der Waals surface area contributed by atoms with Gasteiger partial charge in [-0.2, -0.15) is 0 Å². The Bertz CT molecular complexity index is 1170. The summed E-state index contributed by atoms with van der Waals surface area (Å²) in [5, 5.41) is 7.23. The Kier molecular flexibility index (Phi) is 7.26. The Morgan fingerprint density at radius 1 is 1.16 bits per heavy atom. The van der Waals surface area contributed by atoms with Crippen LogP contribution in [0.15, 0.2) is 52.8 Å². The number of hydrogen-bond donors (Lipinski definition) is 2. The minimum Gasteiger partial charge on any atom is -0.344 e. The highest BCUT2D eigenvalue weighted by Crippen LogP contribution is 2.18.